The summed E-state index contributed by atoms with van der Waals surface area (Å²) in [6.45, 7) is 6.17. The van der Waals surface area contributed by atoms with Crippen LogP contribution >= 0.6 is 0 Å². The van der Waals surface area contributed by atoms with Gasteiger partial charge in [-0.15, -0.1) is 0 Å². The van der Waals surface area contributed by atoms with E-state index in [1.54, 1.807) is 7.11 Å². The molecule has 1 aromatic rings. The first kappa shape index (κ1) is 14.4. The van der Waals surface area contributed by atoms with E-state index < -0.39 is 0 Å². The minimum Gasteiger partial charge on any atom is -0.497 e. The molecule has 100 valence electrons. The summed E-state index contributed by atoms with van der Waals surface area (Å²) in [6, 6.07) is 7.13. The predicted octanol–water partition coefficient (Wildman–Crippen LogP) is 2.69. The zero-order chi connectivity index (χ0) is 13.5. The van der Waals surface area contributed by atoms with Crippen LogP contribution in [0.25, 0.3) is 0 Å². The number of carbonyl (C=O) groups excluding carboxylic acids is 1. The van der Waals surface area contributed by atoms with Gasteiger partial charge in [-0.2, -0.15) is 0 Å². The van der Waals surface area contributed by atoms with Crippen LogP contribution in [0.1, 0.15) is 20.8 Å². The Labute approximate surface area is 108 Å². The van der Waals surface area contributed by atoms with Crippen LogP contribution in [0.4, 0.5) is 5.69 Å². The molecule has 18 heavy (non-hydrogen) atoms. The number of esters is 1. The number of benzene rings is 1. The molecule has 0 aliphatic rings. The Morgan fingerprint density at radius 3 is 2.33 bits per heavy atom. The average molecular weight is 251 g/mol. The number of hydrogen-bond acceptors (Lipinski definition) is 4. The standard InChI is InChI=1S/C14H21NO3/c1-5-18-14(16)13(10(2)3)15-11-6-8-12(17-4)9-7-11/h6-10,13,15H,5H2,1-4H3. The molecule has 0 saturated heterocycles. The van der Waals surface area contributed by atoms with Gasteiger partial charge in [-0.1, -0.05) is 13.8 Å². The molecule has 0 aromatic heterocycles. The summed E-state index contributed by atoms with van der Waals surface area (Å²) in [7, 11) is 1.62. The Bertz CT molecular complexity index is 373. The molecular weight excluding hydrogens is 230 g/mol. The Balaban J connectivity index is 2.73. The summed E-state index contributed by atoms with van der Waals surface area (Å²) in [5, 5.41) is 3.18. The van der Waals surface area contributed by atoms with Crippen molar-refractivity contribution in [1.29, 1.82) is 0 Å². The third kappa shape index (κ3) is 3.95. The zero-order valence-corrected chi connectivity index (χ0v) is 11.4. The average Bonchev–Trinajstić information content (AvgIpc) is 2.36. The molecule has 0 bridgehead atoms. The Morgan fingerprint density at radius 2 is 1.89 bits per heavy atom. The fourth-order valence-electron chi connectivity index (χ4n) is 1.60. The highest BCUT2D eigenvalue weighted by molar-refractivity contribution is 5.79. The normalized spacial score (nSPS) is 12.1. The molecule has 0 aliphatic heterocycles. The van der Waals surface area contributed by atoms with Crippen LogP contribution in [-0.4, -0.2) is 25.7 Å². The Kier molecular flexibility index (Phi) is 5.49. The minimum atomic E-state index is -0.335. The van der Waals surface area contributed by atoms with E-state index in [2.05, 4.69) is 5.32 Å². The third-order valence-corrected chi connectivity index (χ3v) is 2.62. The summed E-state index contributed by atoms with van der Waals surface area (Å²) in [4.78, 5) is 11.8. The van der Waals surface area contributed by atoms with E-state index in [4.69, 9.17) is 9.47 Å². The van der Waals surface area contributed by atoms with Crippen LogP contribution in [0.2, 0.25) is 0 Å². The van der Waals surface area contributed by atoms with E-state index in [0.717, 1.165) is 11.4 Å². The van der Waals surface area contributed by atoms with E-state index in [1.165, 1.54) is 0 Å². The number of ether oxygens (including phenoxy) is 2. The van der Waals surface area contributed by atoms with E-state index in [0.29, 0.717) is 6.61 Å². The van der Waals surface area contributed by atoms with Crippen LogP contribution in [-0.2, 0) is 9.53 Å². The van der Waals surface area contributed by atoms with Gasteiger partial charge in [0.05, 0.1) is 13.7 Å². The lowest BCUT2D eigenvalue weighted by Gasteiger charge is -2.21. The zero-order valence-electron chi connectivity index (χ0n) is 11.4. The van der Waals surface area contributed by atoms with E-state index >= 15 is 0 Å². The molecule has 1 unspecified atom stereocenters. The molecule has 0 fully saturated rings. The number of hydrogen-bond donors (Lipinski definition) is 1. The SMILES string of the molecule is CCOC(=O)C(Nc1ccc(OC)cc1)C(C)C. The lowest BCUT2D eigenvalue weighted by atomic mass is 10.0. The van der Waals surface area contributed by atoms with Crippen molar-refractivity contribution in [1.82, 2.24) is 0 Å². The van der Waals surface area contributed by atoms with Crippen molar-refractivity contribution in [2.24, 2.45) is 5.92 Å². The number of nitrogens with one attached hydrogen (secondary N) is 1. The number of methoxy groups -OCH3 is 1. The van der Waals surface area contributed by atoms with Crippen molar-refractivity contribution in [3.8, 4) is 5.75 Å². The van der Waals surface area contributed by atoms with Gasteiger partial charge in [0.25, 0.3) is 0 Å². The highest BCUT2D eigenvalue weighted by Gasteiger charge is 2.23. The van der Waals surface area contributed by atoms with Crippen LogP contribution in [0.15, 0.2) is 24.3 Å². The van der Waals surface area contributed by atoms with Crippen LogP contribution in [0.3, 0.4) is 0 Å². The fourth-order valence-corrected chi connectivity index (χ4v) is 1.60. The third-order valence-electron chi connectivity index (χ3n) is 2.62. The molecule has 0 radical (unpaired) electrons. The van der Waals surface area contributed by atoms with Crippen molar-refractivity contribution < 1.29 is 14.3 Å². The highest BCUT2D eigenvalue weighted by Crippen LogP contribution is 2.18. The highest BCUT2D eigenvalue weighted by atomic mass is 16.5. The molecule has 0 heterocycles. The molecule has 0 amide bonds. The second-order valence-electron chi connectivity index (χ2n) is 4.35. The summed E-state index contributed by atoms with van der Waals surface area (Å²) in [5.74, 6) is 0.729. The summed E-state index contributed by atoms with van der Waals surface area (Å²) in [6.07, 6.45) is 0. The molecule has 1 N–H and O–H groups in total. The smallest absolute Gasteiger partial charge is 0.328 e. The van der Waals surface area contributed by atoms with Gasteiger partial charge in [0.15, 0.2) is 0 Å². The van der Waals surface area contributed by atoms with Gasteiger partial charge in [-0.05, 0) is 37.1 Å². The van der Waals surface area contributed by atoms with Gasteiger partial charge >= 0.3 is 5.97 Å². The van der Waals surface area contributed by atoms with Gasteiger partial charge in [-0.3, -0.25) is 0 Å². The molecule has 4 nitrogen and oxygen atoms in total. The second-order valence-corrected chi connectivity index (χ2v) is 4.35. The maximum Gasteiger partial charge on any atom is 0.328 e. The van der Waals surface area contributed by atoms with Gasteiger partial charge in [0, 0.05) is 5.69 Å². The monoisotopic (exact) mass is 251 g/mol. The van der Waals surface area contributed by atoms with Crippen LogP contribution < -0.4 is 10.1 Å². The van der Waals surface area contributed by atoms with Crippen molar-refractivity contribution in [2.75, 3.05) is 19.0 Å². The summed E-state index contributed by atoms with van der Waals surface area (Å²) < 4.78 is 10.1. The molecule has 4 heteroatoms. The van der Waals surface area contributed by atoms with Gasteiger partial charge < -0.3 is 14.8 Å². The quantitative estimate of drug-likeness (QED) is 0.790. The van der Waals surface area contributed by atoms with E-state index in [-0.39, 0.29) is 17.9 Å². The van der Waals surface area contributed by atoms with Gasteiger partial charge in [-0.25, -0.2) is 4.79 Å². The fraction of sp³-hybridized carbons (Fsp3) is 0.500. The molecular formula is C14H21NO3. The Hall–Kier alpha value is -1.71. The van der Waals surface area contributed by atoms with E-state index in [1.807, 2.05) is 45.0 Å². The number of carbonyl (C=O) groups is 1. The van der Waals surface area contributed by atoms with Crippen molar-refractivity contribution in [3.05, 3.63) is 24.3 Å². The van der Waals surface area contributed by atoms with Gasteiger partial charge in [0.2, 0.25) is 0 Å². The van der Waals surface area contributed by atoms with E-state index in [9.17, 15) is 4.79 Å². The van der Waals surface area contributed by atoms with Crippen molar-refractivity contribution in [2.45, 2.75) is 26.8 Å². The first-order valence-electron chi connectivity index (χ1n) is 6.15. The first-order chi connectivity index (χ1) is 8.58. The first-order valence-corrected chi connectivity index (χ1v) is 6.15. The van der Waals surface area contributed by atoms with Crippen molar-refractivity contribution in [3.63, 3.8) is 0 Å². The number of rotatable bonds is 6. The maximum atomic E-state index is 11.8. The molecule has 1 aromatic carbocycles. The maximum absolute atomic E-state index is 11.8. The summed E-state index contributed by atoms with van der Waals surface area (Å²) >= 11 is 0. The predicted molar refractivity (Wildman–Crippen MR) is 71.9 cm³/mol. The topological polar surface area (TPSA) is 47.6 Å². The molecule has 0 aliphatic carbocycles. The molecule has 1 atom stereocenters. The minimum absolute atomic E-state index is 0.158. The lowest BCUT2D eigenvalue weighted by Crippen LogP contribution is -2.36. The second kappa shape index (κ2) is 6.89. The molecule has 0 spiro atoms. The van der Waals surface area contributed by atoms with Crippen molar-refractivity contribution >= 4 is 11.7 Å². The number of anilines is 1. The van der Waals surface area contributed by atoms with Crippen LogP contribution in [0.5, 0.6) is 5.75 Å². The molecule has 1 rings (SSSR count). The van der Waals surface area contributed by atoms with Crippen LogP contribution in [0, 0.1) is 5.92 Å². The summed E-state index contributed by atoms with van der Waals surface area (Å²) in [5.41, 5.74) is 0.877. The van der Waals surface area contributed by atoms with Gasteiger partial charge in [0.1, 0.15) is 11.8 Å². The molecule has 0 saturated carbocycles. The lowest BCUT2D eigenvalue weighted by molar-refractivity contribution is -0.145. The largest absolute Gasteiger partial charge is 0.497 e. The Morgan fingerprint density at radius 1 is 1.28 bits per heavy atom.